The van der Waals surface area contributed by atoms with Crippen molar-refractivity contribution in [2.24, 2.45) is 5.16 Å². The van der Waals surface area contributed by atoms with E-state index in [1.807, 2.05) is 20.8 Å². The molecule has 110 valence electrons. The maximum atomic E-state index is 11.4. The van der Waals surface area contributed by atoms with E-state index in [4.69, 9.17) is 9.94 Å². The summed E-state index contributed by atoms with van der Waals surface area (Å²) < 4.78 is 5.12. The number of carbonyl (C=O) groups excluding carboxylic acids is 1. The Hall–Kier alpha value is -2.11. The van der Waals surface area contributed by atoms with Crippen LogP contribution >= 0.6 is 0 Å². The predicted molar refractivity (Wildman–Crippen MR) is 76.0 cm³/mol. The molecular weight excluding hydrogens is 258 g/mol. The molecule has 0 atom stereocenters. The molecule has 0 unspecified atom stereocenters. The van der Waals surface area contributed by atoms with Crippen molar-refractivity contribution in [3.05, 3.63) is 30.1 Å². The van der Waals surface area contributed by atoms with Crippen molar-refractivity contribution in [1.82, 2.24) is 10.3 Å². The van der Waals surface area contributed by atoms with Crippen molar-refractivity contribution >= 4 is 11.8 Å². The minimum atomic E-state index is -0.501. The summed E-state index contributed by atoms with van der Waals surface area (Å²) in [5.41, 5.74) is 0.886. The van der Waals surface area contributed by atoms with Crippen LogP contribution in [0, 0.1) is 0 Å². The summed E-state index contributed by atoms with van der Waals surface area (Å²) in [5.74, 6) is 0. The first-order chi connectivity index (χ1) is 9.42. The van der Waals surface area contributed by atoms with Crippen molar-refractivity contribution in [2.45, 2.75) is 39.2 Å². The van der Waals surface area contributed by atoms with E-state index < -0.39 is 11.7 Å². The number of oxime groups is 1. The van der Waals surface area contributed by atoms with E-state index in [1.165, 1.54) is 0 Å². The number of hydrogen-bond donors (Lipinski definition) is 2. The first-order valence-electron chi connectivity index (χ1n) is 6.50. The molecule has 0 fully saturated rings. The van der Waals surface area contributed by atoms with Crippen molar-refractivity contribution in [2.75, 3.05) is 6.54 Å². The van der Waals surface area contributed by atoms with Gasteiger partial charge in [-0.15, -0.1) is 0 Å². The molecule has 1 heterocycles. The number of aromatic nitrogens is 1. The summed E-state index contributed by atoms with van der Waals surface area (Å²) >= 11 is 0. The number of nitrogens with one attached hydrogen (secondary N) is 1. The van der Waals surface area contributed by atoms with Gasteiger partial charge < -0.3 is 15.3 Å². The number of carbonyl (C=O) groups is 1. The van der Waals surface area contributed by atoms with Gasteiger partial charge in [0.15, 0.2) is 0 Å². The monoisotopic (exact) mass is 279 g/mol. The third-order valence-corrected chi connectivity index (χ3v) is 2.39. The Morgan fingerprint density at radius 1 is 1.40 bits per heavy atom. The molecule has 0 spiro atoms. The van der Waals surface area contributed by atoms with Crippen LogP contribution in [0.15, 0.2) is 29.7 Å². The highest BCUT2D eigenvalue weighted by Crippen LogP contribution is 2.07. The van der Waals surface area contributed by atoms with Crippen LogP contribution in [0.25, 0.3) is 0 Å². The zero-order chi connectivity index (χ0) is 15.0. The summed E-state index contributed by atoms with van der Waals surface area (Å²) in [6, 6.07) is 3.55. The van der Waals surface area contributed by atoms with Crippen LogP contribution in [0.1, 0.15) is 39.2 Å². The van der Waals surface area contributed by atoms with Gasteiger partial charge >= 0.3 is 6.09 Å². The Morgan fingerprint density at radius 2 is 2.05 bits per heavy atom. The highest BCUT2D eigenvalue weighted by molar-refractivity contribution is 6.00. The molecule has 0 bridgehead atoms. The van der Waals surface area contributed by atoms with Gasteiger partial charge in [-0.3, -0.25) is 4.98 Å². The number of hydrogen-bond acceptors (Lipinski definition) is 5. The second-order valence-corrected chi connectivity index (χ2v) is 5.31. The number of nitrogens with zero attached hydrogens (tertiary/aromatic N) is 2. The van der Waals surface area contributed by atoms with Gasteiger partial charge in [-0.2, -0.15) is 0 Å². The first kappa shape index (κ1) is 15.9. The summed E-state index contributed by atoms with van der Waals surface area (Å²) in [7, 11) is 0. The van der Waals surface area contributed by atoms with Crippen LogP contribution in [0.2, 0.25) is 0 Å². The molecule has 0 aliphatic rings. The molecule has 1 amide bonds. The normalized spacial score (nSPS) is 12.1. The highest BCUT2D eigenvalue weighted by atomic mass is 16.6. The van der Waals surface area contributed by atoms with Crippen molar-refractivity contribution in [3.8, 4) is 0 Å². The molecule has 0 saturated heterocycles. The van der Waals surface area contributed by atoms with E-state index in [1.54, 1.807) is 24.5 Å². The third-order valence-electron chi connectivity index (χ3n) is 2.39. The van der Waals surface area contributed by atoms with Crippen LogP contribution in [-0.2, 0) is 4.74 Å². The van der Waals surface area contributed by atoms with E-state index >= 15 is 0 Å². The van der Waals surface area contributed by atoms with Crippen LogP contribution in [0.4, 0.5) is 4.79 Å². The lowest BCUT2D eigenvalue weighted by Crippen LogP contribution is -2.33. The molecule has 1 aromatic heterocycles. The number of amides is 1. The molecule has 0 aliphatic heterocycles. The fourth-order valence-electron chi connectivity index (χ4n) is 1.56. The number of pyridine rings is 1. The molecule has 2 N–H and O–H groups in total. The molecule has 0 saturated carbocycles. The molecule has 6 heteroatoms. The summed E-state index contributed by atoms with van der Waals surface area (Å²) in [6.07, 6.45) is 4.04. The average Bonchev–Trinajstić information content (AvgIpc) is 2.38. The lowest BCUT2D eigenvalue weighted by molar-refractivity contribution is 0.0527. The summed E-state index contributed by atoms with van der Waals surface area (Å²) in [4.78, 5) is 15.3. The van der Waals surface area contributed by atoms with Crippen LogP contribution in [0.3, 0.4) is 0 Å². The SMILES string of the molecule is CC(C)(C)OC(=O)NCCC/C(=N/O)c1ccncc1. The van der Waals surface area contributed by atoms with Gasteiger partial charge in [0.2, 0.25) is 0 Å². The van der Waals surface area contributed by atoms with Crippen LogP contribution in [-0.4, -0.2) is 34.1 Å². The van der Waals surface area contributed by atoms with E-state index in [0.29, 0.717) is 25.1 Å². The zero-order valence-electron chi connectivity index (χ0n) is 12.1. The number of rotatable bonds is 5. The molecule has 1 aromatic rings. The van der Waals surface area contributed by atoms with Gasteiger partial charge in [-0.05, 0) is 45.7 Å². The molecule has 0 aliphatic carbocycles. The minimum Gasteiger partial charge on any atom is -0.444 e. The maximum absolute atomic E-state index is 11.4. The van der Waals surface area contributed by atoms with Gasteiger partial charge in [0.05, 0.1) is 5.71 Å². The largest absolute Gasteiger partial charge is 0.444 e. The van der Waals surface area contributed by atoms with Crippen molar-refractivity contribution in [1.29, 1.82) is 0 Å². The second kappa shape index (κ2) is 7.47. The smallest absolute Gasteiger partial charge is 0.407 e. The molecular formula is C14H21N3O3. The number of alkyl carbamates (subject to hydrolysis) is 1. The first-order valence-corrected chi connectivity index (χ1v) is 6.50. The van der Waals surface area contributed by atoms with Gasteiger partial charge in [0.1, 0.15) is 5.60 Å². The standard InChI is InChI=1S/C14H21N3O3/c1-14(2,3)20-13(18)16-8-4-5-12(17-19)11-6-9-15-10-7-11/h6-7,9-10,19H,4-5,8H2,1-3H3,(H,16,18)/b17-12-. The van der Waals surface area contributed by atoms with Gasteiger partial charge in [0, 0.05) is 24.5 Å². The van der Waals surface area contributed by atoms with E-state index in [9.17, 15) is 4.79 Å². The van der Waals surface area contributed by atoms with Gasteiger partial charge in [0.25, 0.3) is 0 Å². The topological polar surface area (TPSA) is 83.8 Å². The Morgan fingerprint density at radius 3 is 2.60 bits per heavy atom. The minimum absolute atomic E-state index is 0.441. The highest BCUT2D eigenvalue weighted by Gasteiger charge is 2.15. The quantitative estimate of drug-likeness (QED) is 0.375. The fourth-order valence-corrected chi connectivity index (χ4v) is 1.56. The Bertz CT molecular complexity index is 452. The van der Waals surface area contributed by atoms with E-state index in [0.717, 1.165) is 5.56 Å². The summed E-state index contributed by atoms with van der Waals surface area (Å²) in [5, 5.41) is 14.9. The molecule has 0 aromatic carbocycles. The lowest BCUT2D eigenvalue weighted by Gasteiger charge is -2.19. The van der Waals surface area contributed by atoms with Crippen LogP contribution < -0.4 is 5.32 Å². The molecule has 20 heavy (non-hydrogen) atoms. The molecule has 6 nitrogen and oxygen atoms in total. The Kier molecular flexibility index (Phi) is 5.96. The van der Waals surface area contributed by atoms with E-state index in [-0.39, 0.29) is 0 Å². The van der Waals surface area contributed by atoms with Gasteiger partial charge in [-0.1, -0.05) is 5.16 Å². The maximum Gasteiger partial charge on any atom is 0.407 e. The predicted octanol–water partition coefficient (Wildman–Crippen LogP) is 2.56. The average molecular weight is 279 g/mol. The third kappa shape index (κ3) is 6.17. The van der Waals surface area contributed by atoms with Crippen LogP contribution in [0.5, 0.6) is 0 Å². The van der Waals surface area contributed by atoms with E-state index in [2.05, 4.69) is 15.5 Å². The molecule has 1 rings (SSSR count). The van der Waals surface area contributed by atoms with Crippen molar-refractivity contribution < 1.29 is 14.7 Å². The van der Waals surface area contributed by atoms with Crippen molar-refractivity contribution in [3.63, 3.8) is 0 Å². The second-order valence-electron chi connectivity index (χ2n) is 5.31. The number of ether oxygens (including phenoxy) is 1. The summed E-state index contributed by atoms with van der Waals surface area (Å²) in [6.45, 7) is 5.89. The zero-order valence-corrected chi connectivity index (χ0v) is 12.1. The van der Waals surface area contributed by atoms with Gasteiger partial charge in [-0.25, -0.2) is 4.79 Å². The lowest BCUT2D eigenvalue weighted by atomic mass is 10.1. The molecule has 0 radical (unpaired) electrons. The fraction of sp³-hybridized carbons (Fsp3) is 0.500. The Labute approximate surface area is 118 Å². The Balaban J connectivity index is 2.32.